The van der Waals surface area contributed by atoms with Crippen molar-refractivity contribution in [3.05, 3.63) is 65.3 Å². The molecule has 0 bridgehead atoms. The van der Waals surface area contributed by atoms with Crippen LogP contribution in [0.15, 0.2) is 54.1 Å². The van der Waals surface area contributed by atoms with Crippen LogP contribution in [0.25, 0.3) is 5.57 Å². The monoisotopic (exact) mass is 210 g/mol. The zero-order valence-corrected chi connectivity index (χ0v) is 10.2. The lowest BCUT2D eigenvalue weighted by molar-refractivity contribution is 1.05. The van der Waals surface area contributed by atoms with Crippen molar-refractivity contribution in [3.8, 4) is 0 Å². The van der Waals surface area contributed by atoms with Gasteiger partial charge in [-0.3, -0.25) is 0 Å². The molecule has 0 N–H and O–H groups in total. The standard InChI is InChI=1S/C14H12.C2H6/c1-10-11-6-2-4-8-13(11)14-9-5-3-7-12(10)14;1-2/h2-9,13H,1H3;1-2H3. The third-order valence-electron chi connectivity index (χ3n) is 3.16. The number of allylic oxidation sites excluding steroid dienone is 6. The molecule has 2 aliphatic carbocycles. The molecule has 1 unspecified atom stereocenters. The van der Waals surface area contributed by atoms with Gasteiger partial charge in [-0.25, -0.2) is 0 Å². The van der Waals surface area contributed by atoms with Crippen LogP contribution in [0.1, 0.15) is 37.8 Å². The molecule has 82 valence electrons. The van der Waals surface area contributed by atoms with Gasteiger partial charge in [0.15, 0.2) is 0 Å². The van der Waals surface area contributed by atoms with Gasteiger partial charge in [0.25, 0.3) is 0 Å². The van der Waals surface area contributed by atoms with Crippen molar-refractivity contribution in [1.29, 1.82) is 0 Å². The van der Waals surface area contributed by atoms with Gasteiger partial charge in [0, 0.05) is 5.92 Å². The van der Waals surface area contributed by atoms with Crippen molar-refractivity contribution in [2.45, 2.75) is 26.7 Å². The third kappa shape index (κ3) is 1.55. The van der Waals surface area contributed by atoms with Crippen LogP contribution < -0.4 is 0 Å². The van der Waals surface area contributed by atoms with Crippen molar-refractivity contribution in [2.75, 3.05) is 0 Å². The Labute approximate surface area is 98.0 Å². The summed E-state index contributed by atoms with van der Waals surface area (Å²) in [5.74, 6) is 0.510. The molecule has 16 heavy (non-hydrogen) atoms. The summed E-state index contributed by atoms with van der Waals surface area (Å²) in [5.41, 5.74) is 5.78. The van der Waals surface area contributed by atoms with Gasteiger partial charge in [0.1, 0.15) is 0 Å². The highest BCUT2D eigenvalue weighted by atomic mass is 14.3. The molecule has 1 atom stereocenters. The lowest BCUT2D eigenvalue weighted by Crippen LogP contribution is -1.95. The van der Waals surface area contributed by atoms with Crippen LogP contribution in [0, 0.1) is 0 Å². The lowest BCUT2D eigenvalue weighted by atomic mass is 9.92. The molecule has 2 aliphatic rings. The highest BCUT2D eigenvalue weighted by Gasteiger charge is 2.25. The summed E-state index contributed by atoms with van der Waals surface area (Å²) in [4.78, 5) is 0. The molecule has 0 fully saturated rings. The van der Waals surface area contributed by atoms with Crippen LogP contribution >= 0.6 is 0 Å². The first-order chi connectivity index (χ1) is 7.88. The van der Waals surface area contributed by atoms with Crippen LogP contribution in [0.4, 0.5) is 0 Å². The molecule has 0 saturated carbocycles. The molecule has 0 spiro atoms. The highest BCUT2D eigenvalue weighted by molar-refractivity contribution is 5.80. The average Bonchev–Trinajstić information content (AvgIpc) is 2.67. The Morgan fingerprint density at radius 1 is 1.00 bits per heavy atom. The first-order valence-corrected chi connectivity index (χ1v) is 6.03. The normalized spacial score (nSPS) is 20.1. The molecule has 0 heteroatoms. The fourth-order valence-electron chi connectivity index (χ4n) is 2.44. The minimum Gasteiger partial charge on any atom is -0.0726 e. The fourth-order valence-corrected chi connectivity index (χ4v) is 2.44. The zero-order valence-electron chi connectivity index (χ0n) is 10.2. The minimum atomic E-state index is 0.510. The summed E-state index contributed by atoms with van der Waals surface area (Å²) in [5, 5.41) is 0. The van der Waals surface area contributed by atoms with Gasteiger partial charge in [0.2, 0.25) is 0 Å². The highest BCUT2D eigenvalue weighted by Crippen LogP contribution is 2.44. The van der Waals surface area contributed by atoms with E-state index in [1.165, 1.54) is 22.3 Å². The molecule has 0 aromatic heterocycles. The summed E-state index contributed by atoms with van der Waals surface area (Å²) in [7, 11) is 0. The largest absolute Gasteiger partial charge is 0.0726 e. The van der Waals surface area contributed by atoms with Gasteiger partial charge in [-0.15, -0.1) is 0 Å². The van der Waals surface area contributed by atoms with Gasteiger partial charge in [0.05, 0.1) is 0 Å². The maximum atomic E-state index is 2.28. The van der Waals surface area contributed by atoms with Gasteiger partial charge in [-0.1, -0.05) is 62.4 Å². The number of benzene rings is 1. The van der Waals surface area contributed by atoms with Gasteiger partial charge in [-0.2, -0.15) is 0 Å². The second-order valence-corrected chi connectivity index (χ2v) is 3.89. The molecule has 1 aromatic rings. The maximum Gasteiger partial charge on any atom is 0.0281 e. The molecule has 0 nitrogen and oxygen atoms in total. The van der Waals surface area contributed by atoms with E-state index in [2.05, 4.69) is 55.5 Å². The van der Waals surface area contributed by atoms with E-state index in [4.69, 9.17) is 0 Å². The van der Waals surface area contributed by atoms with E-state index in [0.29, 0.717) is 5.92 Å². The van der Waals surface area contributed by atoms with E-state index < -0.39 is 0 Å². The second-order valence-electron chi connectivity index (χ2n) is 3.89. The Balaban J connectivity index is 0.000000457. The van der Waals surface area contributed by atoms with Crippen molar-refractivity contribution in [1.82, 2.24) is 0 Å². The van der Waals surface area contributed by atoms with Crippen molar-refractivity contribution in [3.63, 3.8) is 0 Å². The molecule has 0 heterocycles. The Morgan fingerprint density at radius 2 is 1.75 bits per heavy atom. The van der Waals surface area contributed by atoms with Crippen LogP contribution in [0.5, 0.6) is 0 Å². The number of rotatable bonds is 0. The Hall–Kier alpha value is -1.56. The van der Waals surface area contributed by atoms with E-state index >= 15 is 0 Å². The summed E-state index contributed by atoms with van der Waals surface area (Å²) in [6.07, 6.45) is 8.79. The van der Waals surface area contributed by atoms with Crippen LogP contribution in [-0.2, 0) is 0 Å². The summed E-state index contributed by atoms with van der Waals surface area (Å²) in [6.45, 7) is 6.22. The fraction of sp³-hybridized carbons (Fsp3) is 0.250. The Bertz CT molecular complexity index is 473. The summed E-state index contributed by atoms with van der Waals surface area (Å²) < 4.78 is 0. The Morgan fingerprint density at radius 3 is 2.56 bits per heavy atom. The smallest absolute Gasteiger partial charge is 0.0281 e. The van der Waals surface area contributed by atoms with Crippen molar-refractivity contribution < 1.29 is 0 Å². The van der Waals surface area contributed by atoms with E-state index in [0.717, 1.165) is 0 Å². The first-order valence-electron chi connectivity index (χ1n) is 6.03. The molecule has 0 amide bonds. The van der Waals surface area contributed by atoms with Crippen LogP contribution in [0.2, 0.25) is 0 Å². The van der Waals surface area contributed by atoms with Gasteiger partial charge >= 0.3 is 0 Å². The van der Waals surface area contributed by atoms with Crippen LogP contribution in [0.3, 0.4) is 0 Å². The van der Waals surface area contributed by atoms with E-state index in [1.54, 1.807) is 0 Å². The van der Waals surface area contributed by atoms with E-state index in [-0.39, 0.29) is 0 Å². The molecular weight excluding hydrogens is 192 g/mol. The summed E-state index contributed by atoms with van der Waals surface area (Å²) in [6, 6.07) is 8.70. The number of fused-ring (bicyclic) bond motifs is 3. The number of hydrogen-bond donors (Lipinski definition) is 0. The predicted octanol–water partition coefficient (Wildman–Crippen LogP) is 4.71. The molecule has 0 radical (unpaired) electrons. The molecule has 0 saturated heterocycles. The summed E-state index contributed by atoms with van der Waals surface area (Å²) >= 11 is 0. The average molecular weight is 210 g/mol. The van der Waals surface area contributed by atoms with E-state index in [1.807, 2.05) is 13.8 Å². The predicted molar refractivity (Wildman–Crippen MR) is 71.4 cm³/mol. The SMILES string of the molecule is CC.CC1=C2C=CC=CC2c2ccccc21. The van der Waals surface area contributed by atoms with Gasteiger partial charge in [-0.05, 0) is 29.2 Å². The van der Waals surface area contributed by atoms with Gasteiger partial charge < -0.3 is 0 Å². The molecular formula is C16H18. The lowest BCUT2D eigenvalue weighted by Gasteiger charge is -2.11. The van der Waals surface area contributed by atoms with Crippen molar-refractivity contribution >= 4 is 5.57 Å². The molecule has 1 aromatic carbocycles. The second kappa shape index (κ2) is 4.52. The first kappa shape index (κ1) is 10.9. The quantitative estimate of drug-likeness (QED) is 0.581. The topological polar surface area (TPSA) is 0 Å². The molecule has 0 aliphatic heterocycles. The Kier molecular flexibility index (Phi) is 3.09. The minimum absolute atomic E-state index is 0.510. The number of hydrogen-bond acceptors (Lipinski definition) is 0. The zero-order chi connectivity index (χ0) is 11.5. The molecule has 3 rings (SSSR count). The third-order valence-corrected chi connectivity index (χ3v) is 3.16. The maximum absolute atomic E-state index is 2.28. The van der Waals surface area contributed by atoms with E-state index in [9.17, 15) is 0 Å². The van der Waals surface area contributed by atoms with Crippen LogP contribution in [-0.4, -0.2) is 0 Å². The van der Waals surface area contributed by atoms with Crippen molar-refractivity contribution in [2.24, 2.45) is 0 Å².